The van der Waals surface area contributed by atoms with Gasteiger partial charge in [0.15, 0.2) is 11.8 Å². The van der Waals surface area contributed by atoms with E-state index in [1.807, 2.05) is 6.07 Å². The second kappa shape index (κ2) is 10.3. The van der Waals surface area contributed by atoms with Gasteiger partial charge in [-0.2, -0.15) is 4.98 Å². The van der Waals surface area contributed by atoms with Gasteiger partial charge < -0.3 is 14.7 Å². The number of benzene rings is 1. The van der Waals surface area contributed by atoms with Crippen molar-refractivity contribution < 1.29 is 8.91 Å². The number of aryl methyl sites for hydroxylation is 1. The van der Waals surface area contributed by atoms with E-state index in [9.17, 15) is 4.39 Å². The minimum absolute atomic E-state index is 0. The lowest BCUT2D eigenvalue weighted by atomic mass is 10.2. The van der Waals surface area contributed by atoms with Crippen molar-refractivity contribution in [3.8, 4) is 0 Å². The van der Waals surface area contributed by atoms with E-state index in [4.69, 9.17) is 4.52 Å². The van der Waals surface area contributed by atoms with Gasteiger partial charge in [-0.1, -0.05) is 11.2 Å². The molecule has 1 saturated heterocycles. The van der Waals surface area contributed by atoms with Crippen LogP contribution in [-0.2, 0) is 13.1 Å². The summed E-state index contributed by atoms with van der Waals surface area (Å²) in [5.74, 6) is 1.76. The molecule has 10 heteroatoms. The second-order valence-corrected chi connectivity index (χ2v) is 7.00. The number of hydrogen-bond donors (Lipinski definition) is 1. The molecular weight excluding hydrogens is 530 g/mol. The van der Waals surface area contributed by atoms with E-state index in [0.717, 1.165) is 44.2 Å². The number of hydrogen-bond acceptors (Lipinski definition) is 5. The van der Waals surface area contributed by atoms with Gasteiger partial charge in [0.1, 0.15) is 5.82 Å². The van der Waals surface area contributed by atoms with Crippen molar-refractivity contribution in [2.45, 2.75) is 20.0 Å². The zero-order chi connectivity index (χ0) is 18.5. The molecule has 1 aliphatic heterocycles. The van der Waals surface area contributed by atoms with Crippen molar-refractivity contribution in [2.24, 2.45) is 4.99 Å². The van der Waals surface area contributed by atoms with Crippen LogP contribution in [0.1, 0.15) is 17.3 Å². The Morgan fingerprint density at radius 2 is 2.07 bits per heavy atom. The molecule has 1 N–H and O–H groups in total. The molecule has 0 spiro atoms. The minimum atomic E-state index is -0.220. The van der Waals surface area contributed by atoms with Gasteiger partial charge in [-0.15, -0.1) is 24.0 Å². The van der Waals surface area contributed by atoms with E-state index in [1.54, 1.807) is 26.1 Å². The topological polar surface area (TPSA) is 69.8 Å². The minimum Gasteiger partial charge on any atom is -0.347 e. The molecule has 3 rings (SSSR count). The highest BCUT2D eigenvalue weighted by molar-refractivity contribution is 14.0. The fourth-order valence-electron chi connectivity index (χ4n) is 2.91. The maximum atomic E-state index is 13.7. The zero-order valence-corrected chi connectivity index (χ0v) is 19.2. The van der Waals surface area contributed by atoms with Crippen molar-refractivity contribution in [1.82, 2.24) is 25.3 Å². The number of piperazine rings is 1. The first-order valence-corrected chi connectivity index (χ1v) is 9.25. The van der Waals surface area contributed by atoms with Crippen LogP contribution >= 0.6 is 39.9 Å². The number of nitrogens with one attached hydrogen (secondary N) is 1. The van der Waals surface area contributed by atoms with Crippen LogP contribution in [0.3, 0.4) is 0 Å². The molecule has 1 aromatic heterocycles. The molecule has 0 bridgehead atoms. The largest absolute Gasteiger partial charge is 0.347 e. The van der Waals surface area contributed by atoms with Gasteiger partial charge in [-0.25, -0.2) is 4.39 Å². The summed E-state index contributed by atoms with van der Waals surface area (Å²) in [6, 6.07) is 5.29. The standard InChI is InChI=1S/C17H22BrFN6O.HI/c1-12-22-16(26-23-12)10-21-17(20-2)25-7-5-24(6-8-25)11-13-3-4-14(18)15(19)9-13;/h3-4,9H,5-8,10-11H2,1-2H3,(H,20,21);1H. The van der Waals surface area contributed by atoms with Crippen LogP contribution in [-0.4, -0.2) is 59.1 Å². The molecule has 2 heterocycles. The van der Waals surface area contributed by atoms with E-state index in [1.165, 1.54) is 0 Å². The van der Waals surface area contributed by atoms with Crippen LogP contribution in [0, 0.1) is 12.7 Å². The molecule has 1 fully saturated rings. The van der Waals surface area contributed by atoms with E-state index < -0.39 is 0 Å². The lowest BCUT2D eigenvalue weighted by molar-refractivity contribution is 0.172. The normalized spacial score (nSPS) is 15.6. The Morgan fingerprint density at radius 1 is 1.33 bits per heavy atom. The third kappa shape index (κ3) is 6.11. The van der Waals surface area contributed by atoms with Gasteiger partial charge in [0.25, 0.3) is 0 Å². The third-order valence-electron chi connectivity index (χ3n) is 4.24. The molecule has 7 nitrogen and oxygen atoms in total. The molecule has 0 saturated carbocycles. The summed E-state index contributed by atoms with van der Waals surface area (Å²) in [7, 11) is 1.76. The second-order valence-electron chi connectivity index (χ2n) is 6.15. The number of aliphatic imine (C=N–C) groups is 1. The molecule has 148 valence electrons. The number of aromatic nitrogens is 2. The molecule has 2 aromatic rings. The van der Waals surface area contributed by atoms with E-state index >= 15 is 0 Å². The number of nitrogens with zero attached hydrogens (tertiary/aromatic N) is 5. The molecule has 0 unspecified atom stereocenters. The molecule has 0 amide bonds. The smallest absolute Gasteiger partial charge is 0.246 e. The predicted octanol–water partition coefficient (Wildman–Crippen LogP) is 2.79. The van der Waals surface area contributed by atoms with Crippen molar-refractivity contribution in [2.75, 3.05) is 33.2 Å². The Morgan fingerprint density at radius 3 is 2.67 bits per heavy atom. The maximum absolute atomic E-state index is 13.7. The van der Waals surface area contributed by atoms with Gasteiger partial charge >= 0.3 is 0 Å². The first kappa shape index (κ1) is 22.0. The Labute approximate surface area is 183 Å². The van der Waals surface area contributed by atoms with Crippen molar-refractivity contribution in [3.05, 3.63) is 45.8 Å². The summed E-state index contributed by atoms with van der Waals surface area (Å²) in [6.45, 7) is 6.45. The number of guanidine groups is 1. The molecule has 0 atom stereocenters. The summed E-state index contributed by atoms with van der Waals surface area (Å²) < 4.78 is 19.3. The molecular formula is C17H23BrFIN6O. The first-order valence-electron chi connectivity index (χ1n) is 8.46. The Balaban J connectivity index is 0.00000261. The van der Waals surface area contributed by atoms with Gasteiger partial charge in [-0.3, -0.25) is 9.89 Å². The number of rotatable bonds is 4. The van der Waals surface area contributed by atoms with Crippen molar-refractivity contribution in [1.29, 1.82) is 0 Å². The van der Waals surface area contributed by atoms with Crippen molar-refractivity contribution in [3.63, 3.8) is 0 Å². The van der Waals surface area contributed by atoms with Gasteiger partial charge in [-0.05, 0) is 40.5 Å². The molecule has 27 heavy (non-hydrogen) atoms. The van der Waals surface area contributed by atoms with Crippen LogP contribution in [0.15, 0.2) is 32.2 Å². The van der Waals surface area contributed by atoms with E-state index in [-0.39, 0.29) is 29.8 Å². The predicted molar refractivity (Wildman–Crippen MR) is 116 cm³/mol. The first-order chi connectivity index (χ1) is 12.5. The summed E-state index contributed by atoms with van der Waals surface area (Å²) in [5.41, 5.74) is 0.980. The Kier molecular flexibility index (Phi) is 8.42. The summed E-state index contributed by atoms with van der Waals surface area (Å²) in [5, 5.41) is 7.03. The van der Waals surface area contributed by atoms with E-state index in [2.05, 4.69) is 46.2 Å². The fraction of sp³-hybridized carbons (Fsp3) is 0.471. The maximum Gasteiger partial charge on any atom is 0.246 e. The summed E-state index contributed by atoms with van der Waals surface area (Å²) in [4.78, 5) is 13.0. The zero-order valence-electron chi connectivity index (χ0n) is 15.3. The molecule has 0 aliphatic carbocycles. The van der Waals surface area contributed by atoms with E-state index in [0.29, 0.717) is 22.7 Å². The monoisotopic (exact) mass is 552 g/mol. The average molecular weight is 553 g/mol. The molecule has 1 aromatic carbocycles. The quantitative estimate of drug-likeness (QED) is 0.357. The molecule has 0 radical (unpaired) electrons. The average Bonchev–Trinajstić information content (AvgIpc) is 3.05. The van der Waals surface area contributed by atoms with Gasteiger partial charge in [0.05, 0.1) is 11.0 Å². The highest BCUT2D eigenvalue weighted by Gasteiger charge is 2.20. The van der Waals surface area contributed by atoms with Crippen LogP contribution in [0.2, 0.25) is 0 Å². The van der Waals surface area contributed by atoms with Gasteiger partial charge in [0, 0.05) is 39.8 Å². The third-order valence-corrected chi connectivity index (χ3v) is 4.88. The molecule has 1 aliphatic rings. The van der Waals surface area contributed by atoms with Crippen molar-refractivity contribution >= 4 is 45.9 Å². The lowest BCUT2D eigenvalue weighted by Crippen LogP contribution is -2.52. The van der Waals surface area contributed by atoms with Crippen LogP contribution in [0.25, 0.3) is 0 Å². The summed E-state index contributed by atoms with van der Waals surface area (Å²) >= 11 is 3.19. The highest BCUT2D eigenvalue weighted by Crippen LogP contribution is 2.18. The Hall–Kier alpha value is -1.27. The highest BCUT2D eigenvalue weighted by atomic mass is 127. The van der Waals surface area contributed by atoms with Gasteiger partial charge in [0.2, 0.25) is 5.89 Å². The fourth-order valence-corrected chi connectivity index (χ4v) is 3.16. The Bertz CT molecular complexity index is 779. The SMILES string of the molecule is CN=C(NCc1nc(C)no1)N1CCN(Cc2ccc(Br)c(F)c2)CC1.I. The van der Waals surface area contributed by atoms with Crippen LogP contribution < -0.4 is 5.32 Å². The number of halogens is 3. The van der Waals surface area contributed by atoms with Crippen LogP contribution in [0.5, 0.6) is 0 Å². The van der Waals surface area contributed by atoms with Crippen LogP contribution in [0.4, 0.5) is 4.39 Å². The summed E-state index contributed by atoms with van der Waals surface area (Å²) in [6.07, 6.45) is 0. The lowest BCUT2D eigenvalue weighted by Gasteiger charge is -2.36.